The highest BCUT2D eigenvalue weighted by molar-refractivity contribution is 6.02. The Morgan fingerprint density at radius 3 is 2.81 bits per heavy atom. The number of nitrogens with zero attached hydrogens (tertiary/aromatic N) is 2. The van der Waals surface area contributed by atoms with Crippen molar-refractivity contribution in [3.63, 3.8) is 0 Å². The highest BCUT2D eigenvalue weighted by Crippen LogP contribution is 2.25. The Morgan fingerprint density at radius 1 is 1.11 bits per heavy atom. The molecule has 3 aromatic rings. The summed E-state index contributed by atoms with van der Waals surface area (Å²) < 4.78 is 7.43. The average Bonchev–Trinajstić information content (AvgIpc) is 3.30. The van der Waals surface area contributed by atoms with Crippen LogP contribution in [-0.4, -0.2) is 15.7 Å². The second-order valence-corrected chi connectivity index (χ2v) is 7.07. The van der Waals surface area contributed by atoms with Crippen LogP contribution in [0, 0.1) is 13.8 Å². The average molecular weight is 361 g/mol. The van der Waals surface area contributed by atoms with Crippen molar-refractivity contribution in [2.75, 3.05) is 5.32 Å². The molecule has 0 spiro atoms. The van der Waals surface area contributed by atoms with Crippen molar-refractivity contribution >= 4 is 11.6 Å². The molecule has 138 valence electrons. The first-order chi connectivity index (χ1) is 13.1. The van der Waals surface area contributed by atoms with Gasteiger partial charge in [-0.3, -0.25) is 4.79 Å². The summed E-state index contributed by atoms with van der Waals surface area (Å²) in [7, 11) is 0. The number of hydrogen-bond acceptors (Lipinski definition) is 3. The number of ether oxygens (including phenoxy) is 1. The Bertz CT molecular complexity index is 991. The van der Waals surface area contributed by atoms with Crippen molar-refractivity contribution in [3.05, 3.63) is 76.6 Å². The lowest BCUT2D eigenvalue weighted by Crippen LogP contribution is -2.14. The van der Waals surface area contributed by atoms with Crippen LogP contribution in [0.15, 0.2) is 48.7 Å². The molecule has 1 aliphatic rings. The predicted molar refractivity (Wildman–Crippen MR) is 105 cm³/mol. The van der Waals surface area contributed by atoms with Crippen LogP contribution in [0.25, 0.3) is 0 Å². The largest absolute Gasteiger partial charge is 0.471 e. The van der Waals surface area contributed by atoms with E-state index in [1.54, 1.807) is 16.9 Å². The summed E-state index contributed by atoms with van der Waals surface area (Å²) in [5, 5.41) is 7.26. The van der Waals surface area contributed by atoms with E-state index >= 15 is 0 Å². The first-order valence-electron chi connectivity index (χ1n) is 9.25. The summed E-state index contributed by atoms with van der Waals surface area (Å²) >= 11 is 0. The van der Waals surface area contributed by atoms with Gasteiger partial charge in [0, 0.05) is 11.9 Å². The maximum atomic E-state index is 12.5. The summed E-state index contributed by atoms with van der Waals surface area (Å²) in [6.07, 6.45) is 5.16. The highest BCUT2D eigenvalue weighted by Gasteiger charge is 2.14. The van der Waals surface area contributed by atoms with Gasteiger partial charge in [-0.2, -0.15) is 5.10 Å². The molecule has 0 atom stereocenters. The van der Waals surface area contributed by atoms with Gasteiger partial charge in [0.2, 0.25) is 0 Å². The molecular weight excluding hydrogens is 338 g/mol. The van der Waals surface area contributed by atoms with E-state index in [9.17, 15) is 4.79 Å². The molecule has 4 rings (SSSR count). The highest BCUT2D eigenvalue weighted by atomic mass is 16.5. The van der Waals surface area contributed by atoms with Crippen LogP contribution in [0.2, 0.25) is 0 Å². The van der Waals surface area contributed by atoms with E-state index in [0.717, 1.165) is 29.8 Å². The molecule has 5 nitrogen and oxygen atoms in total. The van der Waals surface area contributed by atoms with Gasteiger partial charge in [-0.15, -0.1) is 0 Å². The van der Waals surface area contributed by atoms with Crippen LogP contribution in [0.3, 0.4) is 0 Å². The van der Waals surface area contributed by atoms with Crippen molar-refractivity contribution in [2.45, 2.75) is 39.8 Å². The molecule has 0 saturated heterocycles. The zero-order valence-corrected chi connectivity index (χ0v) is 15.7. The molecule has 2 aromatic carbocycles. The number of aryl methyl sites for hydroxylation is 4. The van der Waals surface area contributed by atoms with Crippen LogP contribution in [0.5, 0.6) is 5.75 Å². The van der Waals surface area contributed by atoms with E-state index in [4.69, 9.17) is 4.74 Å². The van der Waals surface area contributed by atoms with Crippen LogP contribution in [0.1, 0.15) is 39.2 Å². The number of fused-ring (bicyclic) bond motifs is 1. The smallest absolute Gasteiger partial charge is 0.276 e. The Balaban J connectivity index is 1.39. The Hall–Kier alpha value is -3.08. The Labute approximate surface area is 159 Å². The second-order valence-electron chi connectivity index (χ2n) is 7.07. The van der Waals surface area contributed by atoms with E-state index in [2.05, 4.69) is 35.5 Å². The third-order valence-electron chi connectivity index (χ3n) is 4.91. The first-order valence-corrected chi connectivity index (χ1v) is 9.25. The first kappa shape index (κ1) is 17.3. The quantitative estimate of drug-likeness (QED) is 0.738. The van der Waals surface area contributed by atoms with Crippen molar-refractivity contribution < 1.29 is 9.53 Å². The minimum Gasteiger partial charge on any atom is -0.471 e. The summed E-state index contributed by atoms with van der Waals surface area (Å²) in [5.74, 6) is 0.610. The number of hydrogen-bond donors (Lipinski definition) is 1. The van der Waals surface area contributed by atoms with Crippen molar-refractivity contribution in [1.29, 1.82) is 0 Å². The number of carbonyl (C=O) groups excluding carboxylic acids is 1. The molecule has 0 bridgehead atoms. The van der Waals surface area contributed by atoms with Gasteiger partial charge in [-0.05, 0) is 74.1 Å². The summed E-state index contributed by atoms with van der Waals surface area (Å²) in [6, 6.07) is 13.9. The van der Waals surface area contributed by atoms with Gasteiger partial charge in [-0.1, -0.05) is 23.8 Å². The molecule has 0 unspecified atom stereocenters. The van der Waals surface area contributed by atoms with Crippen molar-refractivity contribution in [3.8, 4) is 5.75 Å². The minimum absolute atomic E-state index is 0.210. The number of rotatable bonds is 5. The van der Waals surface area contributed by atoms with Gasteiger partial charge in [0.1, 0.15) is 5.75 Å². The lowest BCUT2D eigenvalue weighted by atomic mass is 10.1. The normalized spacial score (nSPS) is 12.7. The maximum Gasteiger partial charge on any atom is 0.276 e. The topological polar surface area (TPSA) is 56.1 Å². The van der Waals surface area contributed by atoms with Gasteiger partial charge in [0.25, 0.3) is 5.91 Å². The van der Waals surface area contributed by atoms with E-state index in [-0.39, 0.29) is 12.6 Å². The molecule has 0 aliphatic heterocycles. The lowest BCUT2D eigenvalue weighted by molar-refractivity contribution is 0.102. The summed E-state index contributed by atoms with van der Waals surface area (Å²) in [5.41, 5.74) is 6.20. The fraction of sp³-hybridized carbons (Fsp3) is 0.273. The Morgan fingerprint density at radius 2 is 1.96 bits per heavy atom. The molecule has 1 heterocycles. The van der Waals surface area contributed by atoms with E-state index in [0.29, 0.717) is 5.69 Å². The van der Waals surface area contributed by atoms with E-state index < -0.39 is 0 Å². The molecule has 1 N–H and O–H groups in total. The number of anilines is 1. The SMILES string of the molecule is Cc1ccc(OCn2ccc(C(=O)Nc3ccc4c(c3)CCC4)n2)c(C)c1. The molecule has 0 fully saturated rings. The fourth-order valence-electron chi connectivity index (χ4n) is 3.50. The maximum absolute atomic E-state index is 12.5. The van der Waals surface area contributed by atoms with Gasteiger partial charge >= 0.3 is 0 Å². The minimum atomic E-state index is -0.210. The number of aromatic nitrogens is 2. The zero-order chi connectivity index (χ0) is 18.8. The number of carbonyl (C=O) groups is 1. The fourth-order valence-corrected chi connectivity index (χ4v) is 3.50. The molecular formula is C22H23N3O2. The molecule has 1 amide bonds. The zero-order valence-electron chi connectivity index (χ0n) is 15.7. The van der Waals surface area contributed by atoms with Gasteiger partial charge in [0.15, 0.2) is 12.4 Å². The summed E-state index contributed by atoms with van der Waals surface area (Å²) in [4.78, 5) is 12.5. The monoisotopic (exact) mass is 361 g/mol. The number of amides is 1. The van der Waals surface area contributed by atoms with Crippen LogP contribution in [0.4, 0.5) is 5.69 Å². The van der Waals surface area contributed by atoms with Gasteiger partial charge in [0.05, 0.1) is 0 Å². The standard InChI is InChI=1S/C22H23N3O2/c1-15-6-9-21(16(2)12-15)27-14-25-11-10-20(24-25)22(26)23-19-8-7-17-4-3-5-18(17)13-19/h6-13H,3-5,14H2,1-2H3,(H,23,26). The second kappa shape index (κ2) is 7.27. The van der Waals surface area contributed by atoms with Gasteiger partial charge in [-0.25, -0.2) is 4.68 Å². The van der Waals surface area contributed by atoms with E-state index in [1.165, 1.54) is 23.1 Å². The van der Waals surface area contributed by atoms with Crippen LogP contribution < -0.4 is 10.1 Å². The lowest BCUT2D eigenvalue weighted by Gasteiger charge is -2.09. The molecule has 1 aliphatic carbocycles. The molecule has 0 radical (unpaired) electrons. The summed E-state index contributed by atoms with van der Waals surface area (Å²) in [6.45, 7) is 4.33. The Kier molecular flexibility index (Phi) is 4.67. The molecule has 1 aromatic heterocycles. The van der Waals surface area contributed by atoms with Crippen molar-refractivity contribution in [1.82, 2.24) is 9.78 Å². The van der Waals surface area contributed by atoms with Crippen molar-refractivity contribution in [2.24, 2.45) is 0 Å². The third kappa shape index (κ3) is 3.87. The molecule has 5 heteroatoms. The van der Waals surface area contributed by atoms with E-state index in [1.807, 2.05) is 25.1 Å². The number of benzene rings is 2. The third-order valence-corrected chi connectivity index (χ3v) is 4.91. The number of nitrogens with one attached hydrogen (secondary N) is 1. The van der Waals surface area contributed by atoms with Gasteiger partial charge < -0.3 is 10.1 Å². The predicted octanol–water partition coefficient (Wildman–Crippen LogP) is 4.28. The van der Waals surface area contributed by atoms with Crippen LogP contribution >= 0.6 is 0 Å². The van der Waals surface area contributed by atoms with Crippen LogP contribution in [-0.2, 0) is 19.6 Å². The molecule has 27 heavy (non-hydrogen) atoms. The molecule has 0 saturated carbocycles.